The van der Waals surface area contributed by atoms with Gasteiger partial charge in [-0.1, -0.05) is 11.9 Å². The lowest BCUT2D eigenvalue weighted by Gasteiger charge is -1.92. The van der Waals surface area contributed by atoms with Crippen LogP contribution in [-0.4, -0.2) is 24.7 Å². The highest BCUT2D eigenvalue weighted by Gasteiger charge is 2.02. The highest BCUT2D eigenvalue weighted by molar-refractivity contribution is 7.97. The molecule has 0 radical (unpaired) electrons. The second-order valence-electron chi connectivity index (χ2n) is 1.52. The Hall–Kier alpha value is -0.220. The average Bonchev–Trinajstić information content (AvgIpc) is 1.94. The van der Waals surface area contributed by atoms with Gasteiger partial charge in [0.2, 0.25) is 5.91 Å². The van der Waals surface area contributed by atoms with Crippen molar-refractivity contribution < 1.29 is 4.79 Å². The minimum absolute atomic E-state index is 0.0926. The first-order valence-corrected chi connectivity index (χ1v) is 3.49. The fourth-order valence-corrected chi connectivity index (χ4v) is 1.07. The monoisotopic (exact) mass is 132 g/mol. The summed E-state index contributed by atoms with van der Waals surface area (Å²) < 4.78 is 2.90. The van der Waals surface area contributed by atoms with Crippen molar-refractivity contribution in [3.63, 3.8) is 0 Å². The highest BCUT2D eigenvalue weighted by Crippen LogP contribution is 1.92. The van der Waals surface area contributed by atoms with E-state index in [-0.39, 0.29) is 5.91 Å². The molecule has 0 unspecified atom stereocenters. The number of hydrogen-bond acceptors (Lipinski definition) is 3. The minimum Gasteiger partial charge on any atom is -0.354 e. The van der Waals surface area contributed by atoms with Gasteiger partial charge < -0.3 is 5.32 Å². The zero-order chi connectivity index (χ0) is 5.82. The molecule has 2 N–H and O–H groups in total. The number of nitrogens with one attached hydrogen (secondary N) is 2. The van der Waals surface area contributed by atoms with E-state index in [1.165, 1.54) is 0 Å². The van der Waals surface area contributed by atoms with E-state index in [2.05, 4.69) is 10.0 Å². The molecule has 1 saturated heterocycles. The third kappa shape index (κ3) is 1.71. The maximum atomic E-state index is 10.5. The average molecular weight is 132 g/mol. The molecule has 3 nitrogen and oxygen atoms in total. The summed E-state index contributed by atoms with van der Waals surface area (Å²) in [5.41, 5.74) is 0. The van der Waals surface area contributed by atoms with Crippen molar-refractivity contribution in [2.75, 3.05) is 18.8 Å². The molecule has 0 aromatic carbocycles. The van der Waals surface area contributed by atoms with E-state index < -0.39 is 0 Å². The summed E-state index contributed by atoms with van der Waals surface area (Å²) in [5.74, 6) is 1.06. The first-order valence-electron chi connectivity index (χ1n) is 2.51. The minimum atomic E-state index is 0.0926. The highest BCUT2D eigenvalue weighted by atomic mass is 32.2. The second-order valence-corrected chi connectivity index (χ2v) is 2.51. The van der Waals surface area contributed by atoms with Gasteiger partial charge in [0.1, 0.15) is 0 Å². The fraction of sp³-hybridized carbons (Fsp3) is 0.750. The van der Waals surface area contributed by atoms with Crippen LogP contribution in [0.5, 0.6) is 0 Å². The largest absolute Gasteiger partial charge is 0.354 e. The summed E-state index contributed by atoms with van der Waals surface area (Å²) in [6.45, 7) is 1.24. The zero-order valence-electron chi connectivity index (χ0n) is 4.44. The Labute approximate surface area is 52.3 Å². The summed E-state index contributed by atoms with van der Waals surface area (Å²) in [6, 6.07) is 0. The predicted molar refractivity (Wildman–Crippen MR) is 33.5 cm³/mol. The van der Waals surface area contributed by atoms with Gasteiger partial charge in [-0.15, -0.1) is 0 Å². The molecule has 4 heteroatoms. The molecule has 1 fully saturated rings. The van der Waals surface area contributed by atoms with E-state index in [0.717, 1.165) is 12.3 Å². The van der Waals surface area contributed by atoms with E-state index >= 15 is 0 Å². The summed E-state index contributed by atoms with van der Waals surface area (Å²) in [4.78, 5) is 10.5. The van der Waals surface area contributed by atoms with Crippen LogP contribution in [0.3, 0.4) is 0 Å². The molecule has 0 bridgehead atoms. The zero-order valence-corrected chi connectivity index (χ0v) is 5.25. The van der Waals surface area contributed by atoms with Crippen molar-refractivity contribution in [3.8, 4) is 0 Å². The fourth-order valence-electron chi connectivity index (χ4n) is 0.493. The third-order valence-electron chi connectivity index (χ3n) is 0.861. The van der Waals surface area contributed by atoms with Crippen molar-refractivity contribution in [1.82, 2.24) is 10.0 Å². The van der Waals surface area contributed by atoms with Crippen LogP contribution in [-0.2, 0) is 4.79 Å². The maximum absolute atomic E-state index is 10.5. The summed E-state index contributed by atoms with van der Waals surface area (Å²) in [5, 5.41) is 2.72. The molecule has 0 aromatic heterocycles. The Bertz CT molecular complexity index is 86.0. The molecule has 1 rings (SSSR count). The van der Waals surface area contributed by atoms with E-state index in [4.69, 9.17) is 0 Å². The van der Waals surface area contributed by atoms with E-state index in [1.54, 1.807) is 11.9 Å². The molecule has 0 aliphatic carbocycles. The van der Waals surface area contributed by atoms with Gasteiger partial charge in [0.25, 0.3) is 0 Å². The third-order valence-corrected chi connectivity index (χ3v) is 1.62. The van der Waals surface area contributed by atoms with E-state index in [0.29, 0.717) is 6.54 Å². The molecule has 0 aromatic rings. The normalized spacial score (nSPS) is 21.8. The predicted octanol–water partition coefficient (Wildman–Crippen LogP) is -0.646. The van der Waals surface area contributed by atoms with Gasteiger partial charge in [0.15, 0.2) is 0 Å². The molecule has 0 atom stereocenters. The lowest BCUT2D eigenvalue weighted by molar-refractivity contribution is -0.119. The lowest BCUT2D eigenvalue weighted by atomic mass is 10.6. The Morgan fingerprint density at radius 3 is 3.38 bits per heavy atom. The van der Waals surface area contributed by atoms with Crippen molar-refractivity contribution in [2.24, 2.45) is 0 Å². The van der Waals surface area contributed by atoms with Crippen LogP contribution in [0, 0.1) is 0 Å². The Morgan fingerprint density at radius 2 is 2.50 bits per heavy atom. The molecule has 0 spiro atoms. The number of hydrogen-bond donors (Lipinski definition) is 2. The number of carbonyl (C=O) groups is 1. The van der Waals surface area contributed by atoms with Gasteiger partial charge in [-0.3, -0.25) is 9.52 Å². The second kappa shape index (κ2) is 2.94. The van der Waals surface area contributed by atoms with Crippen molar-refractivity contribution in [3.05, 3.63) is 0 Å². The molecule has 1 heterocycles. The van der Waals surface area contributed by atoms with Gasteiger partial charge in [0.05, 0.1) is 6.54 Å². The van der Waals surface area contributed by atoms with E-state index in [9.17, 15) is 4.79 Å². The molecule has 1 amide bonds. The van der Waals surface area contributed by atoms with E-state index in [1.807, 2.05) is 0 Å². The smallest absolute Gasteiger partial charge is 0.234 e. The summed E-state index contributed by atoms with van der Waals surface area (Å²) >= 11 is 1.59. The Kier molecular flexibility index (Phi) is 2.17. The number of carbonyl (C=O) groups excluding carboxylic acids is 1. The van der Waals surface area contributed by atoms with Crippen LogP contribution >= 0.6 is 11.9 Å². The standard InChI is InChI=1S/C4H8N2OS/c7-4-3-6-8-2-1-5-4/h6H,1-3H2,(H,5,7). The molecule has 8 heavy (non-hydrogen) atoms. The molecular formula is C4H8N2OS. The van der Waals surface area contributed by atoms with Gasteiger partial charge in [-0.2, -0.15) is 0 Å². The van der Waals surface area contributed by atoms with Gasteiger partial charge in [-0.25, -0.2) is 0 Å². The Morgan fingerprint density at radius 1 is 1.62 bits per heavy atom. The summed E-state index contributed by atoms with van der Waals surface area (Å²) in [6.07, 6.45) is 0. The van der Waals surface area contributed by atoms with Crippen molar-refractivity contribution >= 4 is 17.9 Å². The van der Waals surface area contributed by atoms with Gasteiger partial charge in [0, 0.05) is 12.3 Å². The van der Waals surface area contributed by atoms with Crippen LogP contribution in [0.1, 0.15) is 0 Å². The molecule has 1 aliphatic heterocycles. The van der Waals surface area contributed by atoms with Gasteiger partial charge >= 0.3 is 0 Å². The molecular weight excluding hydrogens is 124 g/mol. The van der Waals surface area contributed by atoms with Crippen LogP contribution in [0.15, 0.2) is 0 Å². The summed E-state index contributed by atoms with van der Waals surface area (Å²) in [7, 11) is 0. The van der Waals surface area contributed by atoms with Crippen molar-refractivity contribution in [1.29, 1.82) is 0 Å². The maximum Gasteiger partial charge on any atom is 0.234 e. The van der Waals surface area contributed by atoms with Crippen LogP contribution in [0.25, 0.3) is 0 Å². The SMILES string of the molecule is O=C1CNSCCN1. The Balaban J connectivity index is 2.27. The molecule has 1 aliphatic rings. The number of amides is 1. The lowest BCUT2D eigenvalue weighted by Crippen LogP contribution is -2.28. The first kappa shape index (κ1) is 5.91. The van der Waals surface area contributed by atoms with Crippen LogP contribution < -0.4 is 10.0 Å². The quantitative estimate of drug-likeness (QED) is 0.430. The number of rotatable bonds is 0. The molecule has 0 saturated carbocycles. The van der Waals surface area contributed by atoms with Crippen LogP contribution in [0.2, 0.25) is 0 Å². The first-order chi connectivity index (χ1) is 3.89. The topological polar surface area (TPSA) is 41.1 Å². The molecule has 46 valence electrons. The van der Waals surface area contributed by atoms with Crippen molar-refractivity contribution in [2.45, 2.75) is 0 Å². The van der Waals surface area contributed by atoms with Gasteiger partial charge in [-0.05, 0) is 0 Å². The van der Waals surface area contributed by atoms with Crippen LogP contribution in [0.4, 0.5) is 0 Å².